The van der Waals surface area contributed by atoms with Gasteiger partial charge in [-0.05, 0) is 25.0 Å². The standard InChI is InChI=1S/C17H20N6O/c18-9-15(16(19)20)22-21-14-8-4-7-12-13(14)10-23(17(12)24)11-5-2-1-3-6-11/h4,7-8,11,21H,1-3,5-6,10H2,(H3,19,20)/b22-15+. The smallest absolute Gasteiger partial charge is 0.254 e. The van der Waals surface area contributed by atoms with Gasteiger partial charge >= 0.3 is 0 Å². The minimum Gasteiger partial charge on any atom is -0.382 e. The third-order valence-electron chi connectivity index (χ3n) is 4.66. The molecule has 24 heavy (non-hydrogen) atoms. The van der Waals surface area contributed by atoms with Gasteiger partial charge in [-0.3, -0.25) is 15.6 Å². The third kappa shape index (κ3) is 2.95. The Bertz CT molecular complexity index is 742. The van der Waals surface area contributed by atoms with Gasteiger partial charge in [-0.1, -0.05) is 25.3 Å². The van der Waals surface area contributed by atoms with Gasteiger partial charge in [0.1, 0.15) is 6.07 Å². The molecule has 3 rings (SSSR count). The molecule has 1 aliphatic heterocycles. The molecule has 4 N–H and O–H groups in total. The average molecular weight is 324 g/mol. The molecule has 0 saturated heterocycles. The summed E-state index contributed by atoms with van der Waals surface area (Å²) in [7, 11) is 0. The van der Waals surface area contributed by atoms with Crippen molar-refractivity contribution in [3.8, 4) is 6.07 Å². The van der Waals surface area contributed by atoms with Crippen LogP contribution in [0.1, 0.15) is 48.0 Å². The fourth-order valence-electron chi connectivity index (χ4n) is 3.41. The summed E-state index contributed by atoms with van der Waals surface area (Å²) >= 11 is 0. The second kappa shape index (κ2) is 6.71. The lowest BCUT2D eigenvalue weighted by Gasteiger charge is -2.30. The Morgan fingerprint density at radius 2 is 2.12 bits per heavy atom. The van der Waals surface area contributed by atoms with Gasteiger partial charge in [0.25, 0.3) is 5.91 Å². The molecular formula is C17H20N6O. The van der Waals surface area contributed by atoms with Crippen LogP contribution in [0.25, 0.3) is 0 Å². The number of carbonyl (C=O) groups is 1. The summed E-state index contributed by atoms with van der Waals surface area (Å²) in [5.74, 6) is -0.325. The Morgan fingerprint density at radius 1 is 1.38 bits per heavy atom. The van der Waals surface area contributed by atoms with E-state index >= 15 is 0 Å². The van der Waals surface area contributed by atoms with Crippen molar-refractivity contribution in [2.75, 3.05) is 5.43 Å². The number of nitrogens with one attached hydrogen (secondary N) is 2. The maximum atomic E-state index is 12.7. The van der Waals surface area contributed by atoms with Gasteiger partial charge in [0.05, 0.1) is 5.69 Å². The normalized spacial score (nSPS) is 18.2. The molecule has 1 saturated carbocycles. The molecule has 0 bridgehead atoms. The molecule has 2 aliphatic rings. The van der Waals surface area contributed by atoms with Crippen molar-refractivity contribution < 1.29 is 4.79 Å². The first-order valence-corrected chi connectivity index (χ1v) is 8.13. The van der Waals surface area contributed by atoms with Crippen LogP contribution in [-0.4, -0.2) is 28.4 Å². The summed E-state index contributed by atoms with van der Waals surface area (Å²) in [6.45, 7) is 0.555. The number of nitriles is 1. The highest BCUT2D eigenvalue weighted by Gasteiger charge is 2.34. The number of hydrogen-bond donors (Lipinski definition) is 3. The number of fused-ring (bicyclic) bond motifs is 1. The maximum absolute atomic E-state index is 12.7. The zero-order chi connectivity index (χ0) is 17.1. The van der Waals surface area contributed by atoms with E-state index in [1.54, 1.807) is 12.1 Å². The fourth-order valence-corrected chi connectivity index (χ4v) is 3.41. The number of hydrogen-bond acceptors (Lipinski definition) is 5. The molecule has 1 aliphatic carbocycles. The number of rotatable bonds is 4. The minimum absolute atomic E-state index is 0.0663. The monoisotopic (exact) mass is 324 g/mol. The molecule has 7 nitrogen and oxygen atoms in total. The van der Waals surface area contributed by atoms with Crippen LogP contribution in [-0.2, 0) is 6.54 Å². The van der Waals surface area contributed by atoms with E-state index in [2.05, 4.69) is 10.5 Å². The number of carbonyl (C=O) groups excluding carboxylic acids is 1. The van der Waals surface area contributed by atoms with E-state index in [-0.39, 0.29) is 11.6 Å². The van der Waals surface area contributed by atoms with Crippen LogP contribution >= 0.6 is 0 Å². The first-order valence-electron chi connectivity index (χ1n) is 8.13. The maximum Gasteiger partial charge on any atom is 0.254 e. The molecule has 7 heteroatoms. The van der Waals surface area contributed by atoms with Crippen LogP contribution in [0.5, 0.6) is 0 Å². The Balaban J connectivity index is 1.84. The predicted octanol–water partition coefficient (Wildman–Crippen LogP) is 2.20. The minimum atomic E-state index is -0.391. The summed E-state index contributed by atoms with van der Waals surface area (Å²) < 4.78 is 0. The van der Waals surface area contributed by atoms with Crippen molar-refractivity contribution in [2.24, 2.45) is 10.8 Å². The average Bonchev–Trinajstić information content (AvgIpc) is 2.94. The number of hydrazone groups is 1. The predicted molar refractivity (Wildman–Crippen MR) is 91.8 cm³/mol. The lowest BCUT2D eigenvalue weighted by Crippen LogP contribution is -2.36. The highest BCUT2D eigenvalue weighted by atomic mass is 16.2. The zero-order valence-corrected chi connectivity index (χ0v) is 13.4. The van der Waals surface area contributed by atoms with Gasteiger partial charge in [-0.2, -0.15) is 10.4 Å². The Hall–Kier alpha value is -2.88. The van der Waals surface area contributed by atoms with E-state index < -0.39 is 5.84 Å². The molecule has 1 amide bonds. The van der Waals surface area contributed by atoms with Gasteiger partial charge < -0.3 is 10.6 Å². The number of anilines is 1. The molecular weight excluding hydrogens is 304 g/mol. The topological polar surface area (TPSA) is 118 Å². The third-order valence-corrected chi connectivity index (χ3v) is 4.66. The van der Waals surface area contributed by atoms with Gasteiger partial charge in [0.15, 0.2) is 5.84 Å². The molecule has 1 heterocycles. The SMILES string of the molecule is N#C/C(=N\Nc1cccc2c1CN(C1CCCCC1)C2=O)C(=N)N. The number of amidine groups is 1. The van der Waals surface area contributed by atoms with Gasteiger partial charge in [0, 0.05) is 23.7 Å². The largest absolute Gasteiger partial charge is 0.382 e. The summed E-state index contributed by atoms with van der Waals surface area (Å²) in [4.78, 5) is 14.7. The van der Waals surface area contributed by atoms with Crippen LogP contribution in [0.2, 0.25) is 0 Å². The summed E-state index contributed by atoms with van der Waals surface area (Å²) in [6, 6.07) is 7.51. The highest BCUT2D eigenvalue weighted by Crippen LogP contribution is 2.34. The molecule has 0 aromatic heterocycles. The van der Waals surface area contributed by atoms with Crippen molar-refractivity contribution >= 4 is 23.1 Å². The fraction of sp³-hybridized carbons (Fsp3) is 0.412. The van der Waals surface area contributed by atoms with Crippen molar-refractivity contribution in [1.82, 2.24) is 4.90 Å². The molecule has 0 atom stereocenters. The molecule has 1 fully saturated rings. The van der Waals surface area contributed by atoms with Crippen LogP contribution in [0.3, 0.4) is 0 Å². The molecule has 0 radical (unpaired) electrons. The molecule has 124 valence electrons. The first-order chi connectivity index (χ1) is 11.6. The quantitative estimate of drug-likeness (QED) is 0.447. The summed E-state index contributed by atoms with van der Waals surface area (Å²) in [5, 5.41) is 20.1. The van der Waals surface area contributed by atoms with Crippen LogP contribution < -0.4 is 11.2 Å². The van der Waals surface area contributed by atoms with Gasteiger partial charge in [-0.15, -0.1) is 0 Å². The highest BCUT2D eigenvalue weighted by molar-refractivity contribution is 6.45. The molecule has 0 unspecified atom stereocenters. The Morgan fingerprint density at radius 3 is 2.79 bits per heavy atom. The van der Waals surface area contributed by atoms with Crippen molar-refractivity contribution in [3.05, 3.63) is 29.3 Å². The first kappa shape index (κ1) is 16.0. The second-order valence-corrected chi connectivity index (χ2v) is 6.15. The number of amides is 1. The lowest BCUT2D eigenvalue weighted by molar-refractivity contribution is 0.0660. The molecule has 1 aromatic carbocycles. The molecule has 0 spiro atoms. The zero-order valence-electron chi connectivity index (χ0n) is 13.4. The number of benzene rings is 1. The Labute approximate surface area is 140 Å². The number of nitrogens with two attached hydrogens (primary N) is 1. The van der Waals surface area contributed by atoms with E-state index in [0.717, 1.165) is 18.4 Å². The van der Waals surface area contributed by atoms with E-state index in [1.165, 1.54) is 19.3 Å². The van der Waals surface area contributed by atoms with Crippen LogP contribution in [0.4, 0.5) is 5.69 Å². The van der Waals surface area contributed by atoms with Crippen molar-refractivity contribution in [1.29, 1.82) is 10.7 Å². The van der Waals surface area contributed by atoms with Gasteiger partial charge in [-0.25, -0.2) is 0 Å². The van der Waals surface area contributed by atoms with E-state index in [4.69, 9.17) is 16.4 Å². The second-order valence-electron chi connectivity index (χ2n) is 6.15. The van der Waals surface area contributed by atoms with Crippen LogP contribution in [0, 0.1) is 16.7 Å². The summed E-state index contributed by atoms with van der Waals surface area (Å²) in [6.07, 6.45) is 5.71. The number of nitrogens with zero attached hydrogens (tertiary/aromatic N) is 3. The van der Waals surface area contributed by atoms with Crippen LogP contribution in [0.15, 0.2) is 23.3 Å². The van der Waals surface area contributed by atoms with E-state index in [0.29, 0.717) is 23.8 Å². The van der Waals surface area contributed by atoms with Crippen molar-refractivity contribution in [2.45, 2.75) is 44.7 Å². The molecule has 1 aromatic rings. The summed E-state index contributed by atoms with van der Waals surface area (Å²) in [5.41, 5.74) is 10.1. The van der Waals surface area contributed by atoms with Gasteiger partial charge in [0.2, 0.25) is 5.71 Å². The lowest BCUT2D eigenvalue weighted by atomic mass is 9.94. The van der Waals surface area contributed by atoms with Crippen molar-refractivity contribution in [3.63, 3.8) is 0 Å². The Kier molecular flexibility index (Phi) is 4.47. The van der Waals surface area contributed by atoms with E-state index in [9.17, 15) is 4.79 Å². The van der Waals surface area contributed by atoms with E-state index in [1.807, 2.05) is 17.0 Å².